The molecule has 0 saturated carbocycles. The van der Waals surface area contributed by atoms with Crippen LogP contribution in [-0.4, -0.2) is 38.3 Å². The Kier molecular flexibility index (Phi) is 7.20. The zero-order valence-electron chi connectivity index (χ0n) is 13.6. The van der Waals surface area contributed by atoms with Crippen molar-refractivity contribution in [3.63, 3.8) is 0 Å². The van der Waals surface area contributed by atoms with Gasteiger partial charge in [0, 0.05) is 25.7 Å². The van der Waals surface area contributed by atoms with Crippen LogP contribution >= 0.6 is 0 Å². The van der Waals surface area contributed by atoms with Gasteiger partial charge in [-0.2, -0.15) is 0 Å². The summed E-state index contributed by atoms with van der Waals surface area (Å²) in [6.07, 6.45) is 1.13. The van der Waals surface area contributed by atoms with E-state index in [1.165, 1.54) is 11.1 Å². The summed E-state index contributed by atoms with van der Waals surface area (Å²) in [4.78, 5) is 2.29. The molecule has 1 aromatic rings. The van der Waals surface area contributed by atoms with Crippen LogP contribution in [0.25, 0.3) is 0 Å². The van der Waals surface area contributed by atoms with Gasteiger partial charge in [0.2, 0.25) is 0 Å². The van der Waals surface area contributed by atoms with Gasteiger partial charge in [0.05, 0.1) is 6.61 Å². The molecule has 2 unspecified atom stereocenters. The number of rotatable bonds is 8. The van der Waals surface area contributed by atoms with E-state index in [1.807, 2.05) is 0 Å². The molecule has 0 saturated heterocycles. The summed E-state index contributed by atoms with van der Waals surface area (Å²) >= 11 is 0. The second kappa shape index (κ2) is 8.40. The zero-order valence-corrected chi connectivity index (χ0v) is 13.6. The number of hydrogen-bond donors (Lipinski definition) is 1. The van der Waals surface area contributed by atoms with E-state index in [0.29, 0.717) is 18.5 Å². The third-order valence-corrected chi connectivity index (χ3v) is 3.83. The molecular formula is C17H30N2O. The lowest BCUT2D eigenvalue weighted by Crippen LogP contribution is -2.39. The van der Waals surface area contributed by atoms with Crippen LogP contribution in [0.1, 0.15) is 37.9 Å². The molecule has 0 radical (unpaired) electrons. The fraction of sp³-hybridized carbons (Fsp3) is 0.647. The first-order valence-corrected chi connectivity index (χ1v) is 7.49. The van der Waals surface area contributed by atoms with Crippen molar-refractivity contribution in [1.29, 1.82) is 0 Å². The number of nitrogens with zero attached hydrogens (tertiary/aromatic N) is 1. The second-order valence-electron chi connectivity index (χ2n) is 6.06. The van der Waals surface area contributed by atoms with Gasteiger partial charge in [0.25, 0.3) is 0 Å². The van der Waals surface area contributed by atoms with E-state index in [-0.39, 0.29) is 6.04 Å². The van der Waals surface area contributed by atoms with Crippen LogP contribution in [0.5, 0.6) is 0 Å². The zero-order chi connectivity index (χ0) is 15.1. The predicted molar refractivity (Wildman–Crippen MR) is 85.9 cm³/mol. The fourth-order valence-corrected chi connectivity index (χ4v) is 2.55. The van der Waals surface area contributed by atoms with Gasteiger partial charge >= 0.3 is 0 Å². The normalized spacial score (nSPS) is 14.8. The van der Waals surface area contributed by atoms with Gasteiger partial charge in [-0.15, -0.1) is 0 Å². The highest BCUT2D eigenvalue weighted by Gasteiger charge is 2.20. The van der Waals surface area contributed by atoms with Crippen LogP contribution in [0, 0.1) is 5.92 Å². The maximum atomic E-state index is 5.98. The van der Waals surface area contributed by atoms with Crippen molar-refractivity contribution in [3.05, 3.63) is 35.4 Å². The monoisotopic (exact) mass is 278 g/mol. The van der Waals surface area contributed by atoms with Gasteiger partial charge in [-0.25, -0.2) is 0 Å². The summed E-state index contributed by atoms with van der Waals surface area (Å²) in [6, 6.07) is 9.48. The van der Waals surface area contributed by atoms with Gasteiger partial charge in [-0.1, -0.05) is 38.1 Å². The summed E-state index contributed by atoms with van der Waals surface area (Å²) in [5.74, 6) is 0.690. The molecule has 0 fully saturated rings. The van der Waals surface area contributed by atoms with E-state index in [4.69, 9.17) is 10.5 Å². The average Bonchev–Trinajstić information content (AvgIpc) is 2.41. The van der Waals surface area contributed by atoms with E-state index in [9.17, 15) is 0 Å². The van der Waals surface area contributed by atoms with Crippen molar-refractivity contribution in [3.8, 4) is 0 Å². The molecule has 2 N–H and O–H groups in total. The summed E-state index contributed by atoms with van der Waals surface area (Å²) in [7, 11) is 3.85. The van der Waals surface area contributed by atoms with Crippen molar-refractivity contribution in [1.82, 2.24) is 4.90 Å². The Morgan fingerprint density at radius 3 is 2.20 bits per heavy atom. The summed E-state index contributed by atoms with van der Waals surface area (Å²) in [6.45, 7) is 8.00. The van der Waals surface area contributed by atoms with Crippen molar-refractivity contribution >= 4 is 0 Å². The van der Waals surface area contributed by atoms with Gasteiger partial charge in [0.15, 0.2) is 0 Å². The van der Waals surface area contributed by atoms with Crippen LogP contribution < -0.4 is 5.73 Å². The first-order chi connectivity index (χ1) is 9.49. The van der Waals surface area contributed by atoms with Crippen LogP contribution in [0.15, 0.2) is 24.3 Å². The number of benzene rings is 1. The molecule has 3 nitrogen and oxygen atoms in total. The minimum absolute atomic E-state index is 0.244. The fourth-order valence-electron chi connectivity index (χ4n) is 2.55. The number of nitrogens with two attached hydrogens (primary N) is 1. The minimum Gasteiger partial charge on any atom is -0.383 e. The molecule has 0 aliphatic heterocycles. The van der Waals surface area contributed by atoms with Crippen molar-refractivity contribution in [2.75, 3.05) is 27.3 Å². The first kappa shape index (κ1) is 17.2. The lowest BCUT2D eigenvalue weighted by atomic mass is 9.98. The van der Waals surface area contributed by atoms with Crippen molar-refractivity contribution in [2.45, 2.75) is 39.3 Å². The SMILES string of the molecule is COCC(C)N(C)C(CN)c1ccc(CC(C)C)cc1. The summed E-state index contributed by atoms with van der Waals surface area (Å²) in [5, 5.41) is 0. The Hall–Kier alpha value is -0.900. The summed E-state index contributed by atoms with van der Waals surface area (Å²) < 4.78 is 5.24. The van der Waals surface area contributed by atoms with Gasteiger partial charge in [0.1, 0.15) is 0 Å². The van der Waals surface area contributed by atoms with E-state index in [1.54, 1.807) is 7.11 Å². The summed E-state index contributed by atoms with van der Waals surface area (Å²) in [5.41, 5.74) is 8.65. The first-order valence-electron chi connectivity index (χ1n) is 7.49. The molecule has 0 aliphatic carbocycles. The molecule has 1 rings (SSSR count). The molecule has 3 heteroatoms. The van der Waals surface area contributed by atoms with Crippen LogP contribution in [-0.2, 0) is 11.2 Å². The minimum atomic E-state index is 0.244. The molecule has 0 aromatic heterocycles. The highest BCUT2D eigenvalue weighted by atomic mass is 16.5. The van der Waals surface area contributed by atoms with Gasteiger partial charge in [-0.3, -0.25) is 4.90 Å². The molecular weight excluding hydrogens is 248 g/mol. The van der Waals surface area contributed by atoms with Crippen LogP contribution in [0.2, 0.25) is 0 Å². The molecule has 0 spiro atoms. The molecule has 0 bridgehead atoms. The molecule has 20 heavy (non-hydrogen) atoms. The number of ether oxygens (including phenoxy) is 1. The molecule has 2 atom stereocenters. The quantitative estimate of drug-likeness (QED) is 0.794. The molecule has 1 aromatic carbocycles. The number of hydrogen-bond acceptors (Lipinski definition) is 3. The average molecular weight is 278 g/mol. The topological polar surface area (TPSA) is 38.5 Å². The maximum Gasteiger partial charge on any atom is 0.0615 e. The smallest absolute Gasteiger partial charge is 0.0615 e. The lowest BCUT2D eigenvalue weighted by molar-refractivity contribution is 0.0910. The number of likely N-dealkylation sites (N-methyl/N-ethyl adjacent to an activating group) is 1. The van der Waals surface area contributed by atoms with E-state index < -0.39 is 0 Å². The highest BCUT2D eigenvalue weighted by Crippen LogP contribution is 2.21. The molecule has 0 amide bonds. The van der Waals surface area contributed by atoms with Crippen LogP contribution in [0.4, 0.5) is 0 Å². The van der Waals surface area contributed by atoms with Crippen LogP contribution in [0.3, 0.4) is 0 Å². The van der Waals surface area contributed by atoms with Gasteiger partial charge < -0.3 is 10.5 Å². The molecule has 0 aliphatic rings. The maximum absolute atomic E-state index is 5.98. The highest BCUT2D eigenvalue weighted by molar-refractivity contribution is 5.25. The third-order valence-electron chi connectivity index (χ3n) is 3.83. The van der Waals surface area contributed by atoms with Gasteiger partial charge in [-0.05, 0) is 37.4 Å². The molecule has 0 heterocycles. The van der Waals surface area contributed by atoms with Crippen molar-refractivity contribution in [2.24, 2.45) is 11.7 Å². The lowest BCUT2D eigenvalue weighted by Gasteiger charge is -2.32. The third kappa shape index (κ3) is 4.89. The molecule has 114 valence electrons. The van der Waals surface area contributed by atoms with E-state index >= 15 is 0 Å². The second-order valence-corrected chi connectivity index (χ2v) is 6.06. The standard InChI is InChI=1S/C17H30N2O/c1-13(2)10-15-6-8-16(9-7-15)17(11-18)19(4)14(3)12-20-5/h6-9,13-14,17H,10-12,18H2,1-5H3. The Morgan fingerprint density at radius 2 is 1.75 bits per heavy atom. The van der Waals surface area contributed by atoms with Crippen molar-refractivity contribution < 1.29 is 4.74 Å². The largest absolute Gasteiger partial charge is 0.383 e. The Labute approximate surface area is 124 Å². The Morgan fingerprint density at radius 1 is 1.15 bits per heavy atom. The Bertz CT molecular complexity index is 375. The Balaban J connectivity index is 2.79. The van der Waals surface area contributed by atoms with E-state index in [2.05, 4.69) is 57.0 Å². The predicted octanol–water partition coefficient (Wildman–Crippen LogP) is 2.85. The van der Waals surface area contributed by atoms with E-state index in [0.717, 1.165) is 13.0 Å². The number of methoxy groups -OCH3 is 1.